The monoisotopic (exact) mass is 383 g/mol. The number of ether oxygens (including phenoxy) is 1. The zero-order valence-electron chi connectivity index (χ0n) is 13.9. The molecule has 1 N–H and O–H groups in total. The van der Waals surface area contributed by atoms with Crippen molar-refractivity contribution in [2.24, 2.45) is 5.41 Å². The number of benzene rings is 1. The normalized spacial score (nSPS) is 27.0. The van der Waals surface area contributed by atoms with E-state index < -0.39 is 6.69 Å². The van der Waals surface area contributed by atoms with Gasteiger partial charge in [-0.2, -0.15) is 0 Å². The highest BCUT2D eigenvalue weighted by atomic mass is 79.9. The number of esters is 1. The topological polar surface area (TPSA) is 49.2 Å². The Balaban J connectivity index is 1.94. The minimum Gasteiger partial charge on any atom is -0.505 e. The highest BCUT2D eigenvalue weighted by Crippen LogP contribution is 2.19. The van der Waals surface area contributed by atoms with Crippen LogP contribution in [-0.4, -0.2) is 45.6 Å². The second-order valence-corrected chi connectivity index (χ2v) is 8.40. The zero-order chi connectivity index (χ0) is 16.7. The van der Waals surface area contributed by atoms with Gasteiger partial charge in [0.1, 0.15) is 0 Å². The van der Waals surface area contributed by atoms with E-state index in [0.29, 0.717) is 25.4 Å². The molecule has 2 saturated heterocycles. The Hall–Kier alpha value is -0.885. The lowest BCUT2D eigenvalue weighted by atomic mass is 9.61. The van der Waals surface area contributed by atoms with Crippen LogP contribution in [0.25, 0.3) is 0 Å². The molecule has 0 radical (unpaired) electrons. The fraction of sp³-hybridized carbons (Fsp3) is 0.562. The fourth-order valence-electron chi connectivity index (χ4n) is 3.29. The van der Waals surface area contributed by atoms with Crippen LogP contribution in [0.4, 0.5) is 0 Å². The van der Waals surface area contributed by atoms with Crippen LogP contribution in [0, 0.1) is 5.41 Å². The summed E-state index contributed by atoms with van der Waals surface area (Å²) in [5.41, 5.74) is 1.28. The number of carbonyl (C=O) groups is 1. The number of nitrogens with one attached hydrogen (secondary N) is 1. The Labute approximate surface area is 145 Å². The van der Waals surface area contributed by atoms with Gasteiger partial charge in [-0.05, 0) is 17.5 Å². The quantitative estimate of drug-likeness (QED) is 0.618. The zero-order valence-corrected chi connectivity index (χ0v) is 15.4. The SMILES string of the molecule is CC(C)(C)COC(=O)c1ccc(Br)cc1[B-]12OCC[NH+]1CCO2. The molecule has 0 amide bonds. The molecule has 23 heavy (non-hydrogen) atoms. The molecule has 2 fully saturated rings. The Morgan fingerprint density at radius 3 is 2.57 bits per heavy atom. The van der Waals surface area contributed by atoms with E-state index in [2.05, 4.69) is 15.9 Å². The first-order valence-corrected chi connectivity index (χ1v) is 8.85. The summed E-state index contributed by atoms with van der Waals surface area (Å²) in [7, 11) is 0. The van der Waals surface area contributed by atoms with Crippen LogP contribution in [0.3, 0.4) is 0 Å². The summed E-state index contributed by atoms with van der Waals surface area (Å²) in [6.07, 6.45) is 0. The lowest BCUT2D eigenvalue weighted by Crippen LogP contribution is -3.21. The summed E-state index contributed by atoms with van der Waals surface area (Å²) >= 11 is 3.49. The number of hydrogen-bond acceptors (Lipinski definition) is 4. The van der Waals surface area contributed by atoms with Crippen molar-refractivity contribution < 1.29 is 23.7 Å². The Kier molecular flexibility index (Phi) is 4.57. The predicted octanol–water partition coefficient (Wildman–Crippen LogP) is 0.743. The molecule has 0 saturated carbocycles. The molecule has 2 aliphatic rings. The molecule has 7 heteroatoms. The van der Waals surface area contributed by atoms with Crippen molar-refractivity contribution in [2.75, 3.05) is 32.9 Å². The van der Waals surface area contributed by atoms with E-state index in [-0.39, 0.29) is 11.4 Å². The van der Waals surface area contributed by atoms with E-state index in [9.17, 15) is 4.79 Å². The molecular formula is C16H23BBrNO4. The molecule has 2 heterocycles. The molecule has 0 atom stereocenters. The number of fused-ring (bicyclic) bond motifs is 1. The van der Waals surface area contributed by atoms with Gasteiger partial charge in [-0.25, -0.2) is 4.79 Å². The molecule has 0 bridgehead atoms. The Morgan fingerprint density at radius 1 is 1.30 bits per heavy atom. The molecule has 1 aromatic rings. The van der Waals surface area contributed by atoms with Crippen molar-refractivity contribution in [1.82, 2.24) is 0 Å². The Bertz CT molecular complexity index is 607. The van der Waals surface area contributed by atoms with E-state index in [0.717, 1.165) is 23.0 Å². The summed E-state index contributed by atoms with van der Waals surface area (Å²) in [6, 6.07) is 5.58. The highest BCUT2D eigenvalue weighted by molar-refractivity contribution is 9.10. The van der Waals surface area contributed by atoms with Crippen LogP contribution in [0.5, 0.6) is 0 Å². The average Bonchev–Trinajstić information content (AvgIpc) is 3.04. The van der Waals surface area contributed by atoms with Crippen LogP contribution in [0.1, 0.15) is 31.1 Å². The van der Waals surface area contributed by atoms with E-state index in [4.69, 9.17) is 14.0 Å². The molecule has 126 valence electrons. The Morgan fingerprint density at radius 2 is 1.96 bits per heavy atom. The molecular weight excluding hydrogens is 361 g/mol. The molecule has 2 aliphatic heterocycles. The van der Waals surface area contributed by atoms with Crippen LogP contribution in [-0.2, 0) is 14.0 Å². The molecule has 1 aromatic carbocycles. The highest BCUT2D eigenvalue weighted by Gasteiger charge is 2.52. The maximum Gasteiger partial charge on any atom is 0.502 e. The summed E-state index contributed by atoms with van der Waals surface area (Å²) in [6.45, 7) is 7.95. The molecule has 3 rings (SSSR count). The lowest BCUT2D eigenvalue weighted by Gasteiger charge is -2.33. The van der Waals surface area contributed by atoms with Gasteiger partial charge in [-0.15, -0.1) is 0 Å². The van der Waals surface area contributed by atoms with E-state index in [1.807, 2.05) is 32.9 Å². The number of carbonyl (C=O) groups excluding carboxylic acids is 1. The van der Waals surface area contributed by atoms with Gasteiger partial charge in [0.2, 0.25) is 0 Å². The van der Waals surface area contributed by atoms with E-state index >= 15 is 0 Å². The third-order valence-electron chi connectivity index (χ3n) is 4.37. The second kappa shape index (κ2) is 6.20. The molecule has 0 aromatic heterocycles. The number of quaternary nitrogens is 1. The predicted molar refractivity (Wildman–Crippen MR) is 91.9 cm³/mol. The van der Waals surface area contributed by atoms with Crippen LogP contribution < -0.4 is 10.3 Å². The second-order valence-electron chi connectivity index (χ2n) is 7.48. The first-order chi connectivity index (χ1) is 10.8. The maximum absolute atomic E-state index is 12.6. The first-order valence-electron chi connectivity index (χ1n) is 8.06. The lowest BCUT2D eigenvalue weighted by molar-refractivity contribution is -0.781. The van der Waals surface area contributed by atoms with Crippen molar-refractivity contribution >= 4 is 34.0 Å². The first kappa shape index (κ1) is 17.0. The van der Waals surface area contributed by atoms with Crippen molar-refractivity contribution in [3.63, 3.8) is 0 Å². The molecule has 0 unspecified atom stereocenters. The van der Waals surface area contributed by atoms with Gasteiger partial charge in [0.25, 0.3) is 0 Å². The maximum atomic E-state index is 12.6. The van der Waals surface area contributed by atoms with Gasteiger partial charge in [0.15, 0.2) is 0 Å². The van der Waals surface area contributed by atoms with Gasteiger partial charge >= 0.3 is 12.7 Å². The minimum atomic E-state index is -1.65. The molecule has 0 spiro atoms. The van der Waals surface area contributed by atoms with Crippen molar-refractivity contribution in [3.05, 3.63) is 28.2 Å². The fourth-order valence-corrected chi connectivity index (χ4v) is 3.67. The number of halogens is 1. The number of hydrogen-bond donors (Lipinski definition) is 1. The van der Waals surface area contributed by atoms with Crippen LogP contribution >= 0.6 is 15.9 Å². The van der Waals surface area contributed by atoms with Gasteiger partial charge in [-0.1, -0.05) is 48.2 Å². The van der Waals surface area contributed by atoms with E-state index in [1.165, 1.54) is 4.81 Å². The smallest absolute Gasteiger partial charge is 0.502 e. The third kappa shape index (κ3) is 3.33. The van der Waals surface area contributed by atoms with Gasteiger partial charge < -0.3 is 18.9 Å². The summed E-state index contributed by atoms with van der Waals surface area (Å²) in [5, 5.41) is 0. The molecule has 0 aliphatic carbocycles. The van der Waals surface area contributed by atoms with Gasteiger partial charge in [0.05, 0.1) is 32.9 Å². The minimum absolute atomic E-state index is 0.0698. The van der Waals surface area contributed by atoms with Crippen LogP contribution in [0.2, 0.25) is 0 Å². The van der Waals surface area contributed by atoms with Gasteiger partial charge in [0, 0.05) is 10.0 Å². The van der Waals surface area contributed by atoms with Crippen molar-refractivity contribution in [1.29, 1.82) is 0 Å². The van der Waals surface area contributed by atoms with E-state index in [1.54, 1.807) is 6.07 Å². The summed E-state index contributed by atoms with van der Waals surface area (Å²) in [5.74, 6) is -0.316. The molecule has 5 nitrogen and oxygen atoms in total. The summed E-state index contributed by atoms with van der Waals surface area (Å²) < 4.78 is 18.5. The summed E-state index contributed by atoms with van der Waals surface area (Å²) in [4.78, 5) is 13.9. The number of rotatable bonds is 3. The van der Waals surface area contributed by atoms with Crippen LogP contribution in [0.15, 0.2) is 22.7 Å². The third-order valence-corrected chi connectivity index (χ3v) is 4.86. The largest absolute Gasteiger partial charge is 0.505 e. The van der Waals surface area contributed by atoms with Gasteiger partial charge in [-0.3, -0.25) is 0 Å². The van der Waals surface area contributed by atoms with Crippen molar-refractivity contribution in [3.8, 4) is 0 Å². The average molecular weight is 384 g/mol. The van der Waals surface area contributed by atoms with Crippen molar-refractivity contribution in [2.45, 2.75) is 20.8 Å². The standard InChI is InChI=1S/C16H23BBrNO4/c1-16(2,3)11-21-15(20)13-5-4-12(18)10-14(13)17-19(6-8-22-17)7-9-23-17/h4-5,10,19H,6-9,11H2,1-3H3.